The predicted octanol–water partition coefficient (Wildman–Crippen LogP) is 1.91. The minimum Gasteiger partial charge on any atom is -0.380 e. The summed E-state index contributed by atoms with van der Waals surface area (Å²) in [6.45, 7) is 2.99. The van der Waals surface area contributed by atoms with Gasteiger partial charge in [-0.25, -0.2) is 0 Å². The molecule has 1 aliphatic heterocycles. The van der Waals surface area contributed by atoms with Crippen LogP contribution in [0.1, 0.15) is 23.5 Å². The van der Waals surface area contributed by atoms with Crippen LogP contribution >= 0.6 is 0 Å². The lowest BCUT2D eigenvalue weighted by atomic mass is 9.94. The van der Waals surface area contributed by atoms with E-state index in [1.54, 1.807) is 7.11 Å². The van der Waals surface area contributed by atoms with Crippen LogP contribution in [0, 0.1) is 0 Å². The van der Waals surface area contributed by atoms with Crippen molar-refractivity contribution in [2.45, 2.75) is 18.9 Å². The number of rotatable bonds is 3. The summed E-state index contributed by atoms with van der Waals surface area (Å²) in [6, 6.07) is 8.59. The summed E-state index contributed by atoms with van der Waals surface area (Å²) in [4.78, 5) is 0. The van der Waals surface area contributed by atoms with E-state index in [-0.39, 0.29) is 0 Å². The van der Waals surface area contributed by atoms with Crippen molar-refractivity contribution in [3.63, 3.8) is 0 Å². The van der Waals surface area contributed by atoms with E-state index in [9.17, 15) is 0 Å². The van der Waals surface area contributed by atoms with E-state index in [0.29, 0.717) is 5.92 Å². The number of ether oxygens (including phenoxy) is 1. The van der Waals surface area contributed by atoms with Gasteiger partial charge in [-0.3, -0.25) is 0 Å². The summed E-state index contributed by atoms with van der Waals surface area (Å²) in [7, 11) is 1.75. The van der Waals surface area contributed by atoms with Gasteiger partial charge in [0.1, 0.15) is 0 Å². The van der Waals surface area contributed by atoms with Crippen LogP contribution in [-0.2, 0) is 11.3 Å². The minimum atomic E-state index is 0.682. The first-order chi connectivity index (χ1) is 6.92. The topological polar surface area (TPSA) is 21.3 Å². The smallest absolute Gasteiger partial charge is 0.0715 e. The van der Waals surface area contributed by atoms with Crippen molar-refractivity contribution in [1.82, 2.24) is 5.32 Å². The standard InChI is InChI=1S/C12H17NO/c1-14-9-11-4-2-3-5-12(11)10-6-7-13-8-10/h2-5,10,13H,6-9H2,1H3. The number of methoxy groups -OCH3 is 1. The van der Waals surface area contributed by atoms with Gasteiger partial charge in [-0.2, -0.15) is 0 Å². The van der Waals surface area contributed by atoms with Crippen molar-refractivity contribution in [2.24, 2.45) is 0 Å². The molecule has 1 fully saturated rings. The number of hydrogen-bond donors (Lipinski definition) is 1. The van der Waals surface area contributed by atoms with Gasteiger partial charge in [0.25, 0.3) is 0 Å². The second-order valence-electron chi connectivity index (χ2n) is 3.82. The fourth-order valence-corrected chi connectivity index (χ4v) is 2.14. The lowest BCUT2D eigenvalue weighted by molar-refractivity contribution is 0.184. The van der Waals surface area contributed by atoms with Crippen molar-refractivity contribution < 1.29 is 4.74 Å². The van der Waals surface area contributed by atoms with Gasteiger partial charge >= 0.3 is 0 Å². The maximum Gasteiger partial charge on any atom is 0.0715 e. The molecule has 0 aromatic heterocycles. The first-order valence-corrected chi connectivity index (χ1v) is 5.19. The first-order valence-electron chi connectivity index (χ1n) is 5.19. The van der Waals surface area contributed by atoms with Crippen molar-refractivity contribution >= 4 is 0 Å². The lowest BCUT2D eigenvalue weighted by Gasteiger charge is -2.13. The molecule has 0 radical (unpaired) electrons. The Morgan fingerprint density at radius 3 is 3.00 bits per heavy atom. The molecule has 2 heteroatoms. The van der Waals surface area contributed by atoms with E-state index in [1.165, 1.54) is 17.5 Å². The Balaban J connectivity index is 2.21. The Labute approximate surface area is 85.3 Å². The first kappa shape index (κ1) is 9.69. The Morgan fingerprint density at radius 1 is 1.43 bits per heavy atom. The van der Waals surface area contributed by atoms with Gasteiger partial charge in [-0.15, -0.1) is 0 Å². The summed E-state index contributed by atoms with van der Waals surface area (Å²) in [5, 5.41) is 3.40. The molecule has 1 aromatic carbocycles. The van der Waals surface area contributed by atoms with Gasteiger partial charge < -0.3 is 10.1 Å². The quantitative estimate of drug-likeness (QED) is 0.788. The third kappa shape index (κ3) is 1.97. The van der Waals surface area contributed by atoms with Crippen LogP contribution < -0.4 is 5.32 Å². The largest absolute Gasteiger partial charge is 0.380 e. The monoisotopic (exact) mass is 191 g/mol. The number of nitrogens with one attached hydrogen (secondary N) is 1. The molecule has 1 atom stereocenters. The average molecular weight is 191 g/mol. The zero-order chi connectivity index (χ0) is 9.80. The fraction of sp³-hybridized carbons (Fsp3) is 0.500. The molecule has 0 aliphatic carbocycles. The Hall–Kier alpha value is -0.860. The molecule has 2 nitrogen and oxygen atoms in total. The highest BCUT2D eigenvalue weighted by Crippen LogP contribution is 2.25. The summed E-state index contributed by atoms with van der Waals surface area (Å²) in [5.41, 5.74) is 2.79. The number of hydrogen-bond acceptors (Lipinski definition) is 2. The van der Waals surface area contributed by atoms with Crippen LogP contribution in [0.4, 0.5) is 0 Å². The van der Waals surface area contributed by atoms with Gasteiger partial charge in [-0.05, 0) is 30.0 Å². The molecule has 1 N–H and O–H groups in total. The van der Waals surface area contributed by atoms with E-state index >= 15 is 0 Å². The molecule has 1 aromatic rings. The van der Waals surface area contributed by atoms with Crippen LogP contribution in [0.5, 0.6) is 0 Å². The average Bonchev–Trinajstić information content (AvgIpc) is 2.72. The molecule has 1 heterocycles. The van der Waals surface area contributed by atoms with E-state index in [4.69, 9.17) is 4.74 Å². The van der Waals surface area contributed by atoms with Gasteiger partial charge in [0.2, 0.25) is 0 Å². The normalized spacial score (nSPS) is 21.4. The van der Waals surface area contributed by atoms with Crippen LogP contribution in [0.2, 0.25) is 0 Å². The van der Waals surface area contributed by atoms with Gasteiger partial charge in [-0.1, -0.05) is 24.3 Å². The molecule has 2 rings (SSSR count). The van der Waals surface area contributed by atoms with E-state index in [2.05, 4.69) is 29.6 Å². The minimum absolute atomic E-state index is 0.682. The van der Waals surface area contributed by atoms with Crippen molar-refractivity contribution in [1.29, 1.82) is 0 Å². The zero-order valence-corrected chi connectivity index (χ0v) is 8.62. The highest BCUT2D eigenvalue weighted by Gasteiger charge is 2.18. The number of benzene rings is 1. The predicted molar refractivity (Wildman–Crippen MR) is 57.4 cm³/mol. The van der Waals surface area contributed by atoms with Crippen LogP contribution in [-0.4, -0.2) is 20.2 Å². The van der Waals surface area contributed by atoms with Crippen LogP contribution in [0.25, 0.3) is 0 Å². The molecule has 0 saturated carbocycles. The maximum atomic E-state index is 5.21. The molecule has 0 spiro atoms. The van der Waals surface area contributed by atoms with Gasteiger partial charge in [0.15, 0.2) is 0 Å². The molecule has 1 unspecified atom stereocenters. The van der Waals surface area contributed by atoms with Gasteiger partial charge in [0.05, 0.1) is 6.61 Å². The Morgan fingerprint density at radius 2 is 2.29 bits per heavy atom. The van der Waals surface area contributed by atoms with Crippen molar-refractivity contribution in [3.05, 3.63) is 35.4 Å². The second kappa shape index (κ2) is 4.58. The van der Waals surface area contributed by atoms with Crippen molar-refractivity contribution in [2.75, 3.05) is 20.2 Å². The Kier molecular flexibility index (Phi) is 3.17. The van der Waals surface area contributed by atoms with Crippen molar-refractivity contribution in [3.8, 4) is 0 Å². The van der Waals surface area contributed by atoms with Crippen LogP contribution in [0.15, 0.2) is 24.3 Å². The zero-order valence-electron chi connectivity index (χ0n) is 8.62. The summed E-state index contributed by atoms with van der Waals surface area (Å²) < 4.78 is 5.21. The third-order valence-corrected chi connectivity index (χ3v) is 2.86. The van der Waals surface area contributed by atoms with E-state index in [0.717, 1.165) is 19.7 Å². The molecular weight excluding hydrogens is 174 g/mol. The second-order valence-corrected chi connectivity index (χ2v) is 3.82. The molecule has 1 aliphatic rings. The summed E-state index contributed by atoms with van der Waals surface area (Å²) in [6.07, 6.45) is 1.25. The van der Waals surface area contributed by atoms with Gasteiger partial charge in [0, 0.05) is 13.7 Å². The SMILES string of the molecule is COCc1ccccc1C1CCNC1. The molecule has 14 heavy (non-hydrogen) atoms. The summed E-state index contributed by atoms with van der Waals surface area (Å²) >= 11 is 0. The molecular formula is C12H17NO. The highest BCUT2D eigenvalue weighted by molar-refractivity contribution is 5.30. The molecule has 1 saturated heterocycles. The summed E-state index contributed by atoms with van der Waals surface area (Å²) in [5.74, 6) is 0.682. The maximum absolute atomic E-state index is 5.21. The highest BCUT2D eigenvalue weighted by atomic mass is 16.5. The lowest BCUT2D eigenvalue weighted by Crippen LogP contribution is -2.09. The molecule has 0 amide bonds. The fourth-order valence-electron chi connectivity index (χ4n) is 2.14. The van der Waals surface area contributed by atoms with E-state index < -0.39 is 0 Å². The Bertz CT molecular complexity index is 292. The third-order valence-electron chi connectivity index (χ3n) is 2.86. The molecule has 0 bridgehead atoms. The van der Waals surface area contributed by atoms with Crippen LogP contribution in [0.3, 0.4) is 0 Å². The van der Waals surface area contributed by atoms with E-state index in [1.807, 2.05) is 0 Å². The molecule has 76 valence electrons.